The number of hydrogen-bond donors (Lipinski definition) is 5. The van der Waals surface area contributed by atoms with Crippen LogP contribution >= 0.6 is 0 Å². The number of hydrogen-bond acceptors (Lipinski definition) is 6. The topological polar surface area (TPSA) is 128 Å². The fourth-order valence-corrected chi connectivity index (χ4v) is 5.20. The summed E-state index contributed by atoms with van der Waals surface area (Å²) in [5, 5.41) is 36.8. The molecule has 4 rings (SSSR count). The molecule has 5 N–H and O–H groups in total. The van der Waals surface area contributed by atoms with Gasteiger partial charge in [0.15, 0.2) is 0 Å². The minimum absolute atomic E-state index is 0.0627. The van der Waals surface area contributed by atoms with Crippen LogP contribution < -0.4 is 10.6 Å². The van der Waals surface area contributed by atoms with Gasteiger partial charge in [-0.2, -0.15) is 0 Å². The van der Waals surface area contributed by atoms with Gasteiger partial charge in [-0.05, 0) is 41.5 Å². The van der Waals surface area contributed by atoms with E-state index in [0.717, 1.165) is 22.3 Å². The van der Waals surface area contributed by atoms with E-state index in [-0.39, 0.29) is 25.5 Å². The van der Waals surface area contributed by atoms with E-state index >= 15 is 0 Å². The highest BCUT2D eigenvalue weighted by molar-refractivity contribution is 5.80. The van der Waals surface area contributed by atoms with Crippen molar-refractivity contribution in [2.45, 2.75) is 50.0 Å². The SMILES string of the molecule is O=C(NC(Cc1ccccc1)C(O)CC(CC=Cc1ccccc1)C(=O)N[C@H]1c2ccccc2C[C@@H]1O)OCCO. The van der Waals surface area contributed by atoms with E-state index in [1.807, 2.05) is 97.1 Å². The van der Waals surface area contributed by atoms with Gasteiger partial charge >= 0.3 is 6.09 Å². The summed E-state index contributed by atoms with van der Waals surface area (Å²) < 4.78 is 4.98. The fraction of sp³-hybridized carbons (Fsp3) is 0.333. The number of amides is 2. The molecule has 0 fully saturated rings. The lowest BCUT2D eigenvalue weighted by Gasteiger charge is -2.28. The zero-order valence-electron chi connectivity index (χ0n) is 22.9. The van der Waals surface area contributed by atoms with Crippen LogP contribution in [-0.2, 0) is 22.4 Å². The maximum absolute atomic E-state index is 13.7. The highest BCUT2D eigenvalue weighted by Gasteiger charge is 2.35. The first-order valence-corrected chi connectivity index (χ1v) is 14.0. The van der Waals surface area contributed by atoms with Crippen molar-refractivity contribution in [2.75, 3.05) is 13.2 Å². The normalized spacial score (nSPS) is 18.3. The molecular formula is C33H38N2O6. The van der Waals surface area contributed by atoms with E-state index in [9.17, 15) is 19.8 Å². The summed E-state index contributed by atoms with van der Waals surface area (Å²) >= 11 is 0. The van der Waals surface area contributed by atoms with Crippen LogP contribution in [0.2, 0.25) is 0 Å². The minimum Gasteiger partial charge on any atom is -0.447 e. The van der Waals surface area contributed by atoms with Gasteiger partial charge in [-0.1, -0.05) is 97.1 Å². The minimum atomic E-state index is -1.08. The van der Waals surface area contributed by atoms with Gasteiger partial charge in [-0.3, -0.25) is 4.79 Å². The van der Waals surface area contributed by atoms with Crippen molar-refractivity contribution >= 4 is 18.1 Å². The number of aliphatic hydroxyl groups is 3. The Labute approximate surface area is 240 Å². The van der Waals surface area contributed by atoms with Crippen LogP contribution in [0, 0.1) is 5.92 Å². The van der Waals surface area contributed by atoms with Crippen LogP contribution in [0.1, 0.15) is 41.1 Å². The van der Waals surface area contributed by atoms with Crippen LogP contribution in [0.4, 0.5) is 4.79 Å². The van der Waals surface area contributed by atoms with Gasteiger partial charge in [0, 0.05) is 12.3 Å². The number of rotatable bonds is 13. The van der Waals surface area contributed by atoms with E-state index in [1.54, 1.807) is 0 Å². The van der Waals surface area contributed by atoms with E-state index in [2.05, 4.69) is 10.6 Å². The van der Waals surface area contributed by atoms with E-state index in [0.29, 0.717) is 19.3 Å². The second-order valence-electron chi connectivity index (χ2n) is 10.3. The van der Waals surface area contributed by atoms with Crippen molar-refractivity contribution in [1.29, 1.82) is 0 Å². The molecule has 0 saturated carbocycles. The lowest BCUT2D eigenvalue weighted by atomic mass is 9.90. The number of benzene rings is 3. The smallest absolute Gasteiger partial charge is 0.407 e. The molecule has 0 spiro atoms. The number of aliphatic hydroxyl groups excluding tert-OH is 3. The van der Waals surface area contributed by atoms with Crippen molar-refractivity contribution in [3.63, 3.8) is 0 Å². The van der Waals surface area contributed by atoms with Crippen molar-refractivity contribution in [3.8, 4) is 0 Å². The van der Waals surface area contributed by atoms with E-state index in [1.165, 1.54) is 0 Å². The van der Waals surface area contributed by atoms with Crippen molar-refractivity contribution in [2.24, 2.45) is 5.92 Å². The van der Waals surface area contributed by atoms with Crippen LogP contribution in [0.3, 0.4) is 0 Å². The molecule has 8 heteroatoms. The Morgan fingerprint density at radius 3 is 2.39 bits per heavy atom. The van der Waals surface area contributed by atoms with Crippen LogP contribution in [0.15, 0.2) is 91.0 Å². The standard InChI is InChI=1S/C33H38N2O6/c36-18-19-41-33(40)34-28(20-24-12-5-2-6-13-24)29(37)22-26(16-9-14-23-10-3-1-4-11-23)32(39)35-31-27-17-8-7-15-25(27)21-30(31)38/h1-15,17,26,28-31,36-38H,16,18-22H2,(H,34,40)(H,35,39)/t26?,28?,29?,30-,31-/m0/s1. The van der Waals surface area contributed by atoms with E-state index < -0.39 is 36.3 Å². The second kappa shape index (κ2) is 15.1. The third-order valence-corrected chi connectivity index (χ3v) is 7.32. The molecule has 3 aromatic carbocycles. The summed E-state index contributed by atoms with van der Waals surface area (Å²) in [4.78, 5) is 26.0. The highest BCUT2D eigenvalue weighted by atomic mass is 16.6. The molecule has 0 radical (unpaired) electrons. The second-order valence-corrected chi connectivity index (χ2v) is 10.3. The van der Waals surface area contributed by atoms with Gasteiger partial charge in [0.1, 0.15) is 6.61 Å². The lowest BCUT2D eigenvalue weighted by molar-refractivity contribution is -0.127. The molecule has 0 aliphatic heterocycles. The molecule has 1 aliphatic rings. The number of allylic oxidation sites excluding steroid dienone is 1. The Kier molecular flexibility index (Phi) is 11.1. The van der Waals surface area contributed by atoms with Gasteiger partial charge in [-0.25, -0.2) is 4.79 Å². The van der Waals surface area contributed by atoms with Crippen molar-refractivity contribution in [1.82, 2.24) is 10.6 Å². The maximum Gasteiger partial charge on any atom is 0.407 e. The zero-order chi connectivity index (χ0) is 29.0. The molecule has 8 nitrogen and oxygen atoms in total. The molecule has 216 valence electrons. The number of nitrogens with one attached hydrogen (secondary N) is 2. The Hall–Kier alpha value is -3.98. The average molecular weight is 559 g/mol. The van der Waals surface area contributed by atoms with Gasteiger partial charge in [0.2, 0.25) is 5.91 Å². The number of fused-ring (bicyclic) bond motifs is 1. The molecule has 3 unspecified atom stereocenters. The molecule has 41 heavy (non-hydrogen) atoms. The predicted molar refractivity (Wildman–Crippen MR) is 157 cm³/mol. The van der Waals surface area contributed by atoms with Gasteiger partial charge in [0.25, 0.3) is 0 Å². The van der Waals surface area contributed by atoms with E-state index in [4.69, 9.17) is 9.84 Å². The number of carbonyl (C=O) groups excluding carboxylic acids is 2. The predicted octanol–water partition coefficient (Wildman–Crippen LogP) is 3.56. The quantitative estimate of drug-likeness (QED) is 0.218. The van der Waals surface area contributed by atoms with Crippen LogP contribution in [0.25, 0.3) is 6.08 Å². The summed E-state index contributed by atoms with van der Waals surface area (Å²) in [6, 6.07) is 25.5. The molecule has 0 saturated heterocycles. The third kappa shape index (κ3) is 8.75. The monoisotopic (exact) mass is 558 g/mol. The number of alkyl carbamates (subject to hydrolysis) is 1. The Balaban J connectivity index is 1.52. The maximum atomic E-state index is 13.7. The van der Waals surface area contributed by atoms with Crippen molar-refractivity contribution in [3.05, 3.63) is 113 Å². The molecule has 0 heterocycles. The van der Waals surface area contributed by atoms with Gasteiger partial charge < -0.3 is 30.7 Å². The van der Waals surface area contributed by atoms with Crippen molar-refractivity contribution < 1.29 is 29.6 Å². The first-order valence-electron chi connectivity index (χ1n) is 14.0. The Morgan fingerprint density at radius 1 is 0.976 bits per heavy atom. The average Bonchev–Trinajstić information content (AvgIpc) is 3.30. The number of ether oxygens (including phenoxy) is 1. The molecule has 3 aromatic rings. The highest BCUT2D eigenvalue weighted by Crippen LogP contribution is 2.32. The molecule has 0 bridgehead atoms. The van der Waals surface area contributed by atoms with Crippen LogP contribution in [0.5, 0.6) is 0 Å². The summed E-state index contributed by atoms with van der Waals surface area (Å²) in [5.74, 6) is -0.928. The summed E-state index contributed by atoms with van der Waals surface area (Å²) in [7, 11) is 0. The Morgan fingerprint density at radius 2 is 1.66 bits per heavy atom. The lowest BCUT2D eigenvalue weighted by Crippen LogP contribution is -2.47. The first-order chi connectivity index (χ1) is 19.9. The van der Waals surface area contributed by atoms with Gasteiger partial charge in [0.05, 0.1) is 30.9 Å². The number of carbonyl (C=O) groups is 2. The summed E-state index contributed by atoms with van der Waals surface area (Å²) in [6.45, 7) is -0.480. The zero-order valence-corrected chi connectivity index (χ0v) is 22.9. The Bertz CT molecular complexity index is 1280. The molecular weight excluding hydrogens is 520 g/mol. The third-order valence-electron chi connectivity index (χ3n) is 7.32. The largest absolute Gasteiger partial charge is 0.447 e. The summed E-state index contributed by atoms with van der Waals surface area (Å²) in [6.07, 6.45) is 2.44. The molecule has 1 aliphatic carbocycles. The molecule has 5 atom stereocenters. The first kappa shape index (κ1) is 30.0. The van der Waals surface area contributed by atoms with Gasteiger partial charge in [-0.15, -0.1) is 0 Å². The summed E-state index contributed by atoms with van der Waals surface area (Å²) in [5.41, 5.74) is 3.78. The molecule has 0 aromatic heterocycles. The molecule has 2 amide bonds. The fourth-order valence-electron chi connectivity index (χ4n) is 5.20. The van der Waals surface area contributed by atoms with Crippen LogP contribution in [-0.4, -0.2) is 58.8 Å².